The predicted molar refractivity (Wildman–Crippen MR) is 75.2 cm³/mol. The number of rotatable bonds is 1. The van der Waals surface area contributed by atoms with Crippen molar-refractivity contribution in [1.29, 1.82) is 0 Å². The van der Waals surface area contributed by atoms with E-state index in [1.165, 1.54) is 11.1 Å². The van der Waals surface area contributed by atoms with Crippen molar-refractivity contribution < 1.29 is 4.79 Å². The van der Waals surface area contributed by atoms with Crippen LogP contribution in [0.3, 0.4) is 0 Å². The van der Waals surface area contributed by atoms with Gasteiger partial charge in [0.15, 0.2) is 0 Å². The number of hydrogen-bond donors (Lipinski definition) is 1. The highest BCUT2D eigenvalue weighted by Crippen LogP contribution is 2.35. The zero-order valence-corrected chi connectivity index (χ0v) is 11.6. The molecule has 0 aromatic heterocycles. The molecule has 1 aromatic rings. The maximum atomic E-state index is 12.7. The number of carbonyl (C=O) groups is 1. The molecular weight excluding hydrogens is 236 g/mol. The summed E-state index contributed by atoms with van der Waals surface area (Å²) in [5.74, 6) is 0.247. The normalized spacial score (nSPS) is 30.2. The average Bonchev–Trinajstić information content (AvgIpc) is 2.81. The van der Waals surface area contributed by atoms with Crippen LogP contribution < -0.4 is 5.73 Å². The van der Waals surface area contributed by atoms with Gasteiger partial charge >= 0.3 is 0 Å². The molecule has 3 nitrogen and oxygen atoms in total. The van der Waals surface area contributed by atoms with Gasteiger partial charge in [-0.3, -0.25) is 4.79 Å². The second-order valence-corrected chi connectivity index (χ2v) is 6.27. The minimum Gasteiger partial charge on any atom is -0.334 e. The van der Waals surface area contributed by atoms with Crippen LogP contribution in [0.5, 0.6) is 0 Å². The Balaban J connectivity index is 1.76. The largest absolute Gasteiger partial charge is 0.334 e. The van der Waals surface area contributed by atoms with E-state index >= 15 is 0 Å². The molecule has 19 heavy (non-hydrogen) atoms. The Morgan fingerprint density at radius 2 is 1.89 bits per heavy atom. The van der Waals surface area contributed by atoms with E-state index in [0.717, 1.165) is 38.8 Å². The van der Waals surface area contributed by atoms with E-state index in [9.17, 15) is 4.79 Å². The van der Waals surface area contributed by atoms with Crippen LogP contribution in [0.2, 0.25) is 0 Å². The Bertz CT molecular complexity index is 470. The van der Waals surface area contributed by atoms with Crippen LogP contribution in [0.4, 0.5) is 0 Å². The number of benzene rings is 1. The summed E-state index contributed by atoms with van der Waals surface area (Å²) >= 11 is 0. The molecule has 1 saturated carbocycles. The van der Waals surface area contributed by atoms with Crippen LogP contribution in [-0.4, -0.2) is 16.3 Å². The third kappa shape index (κ3) is 2.27. The molecule has 102 valence electrons. The van der Waals surface area contributed by atoms with Gasteiger partial charge in [0.05, 0.1) is 5.92 Å². The first-order chi connectivity index (χ1) is 9.08. The third-order valence-corrected chi connectivity index (χ3v) is 4.70. The lowest BCUT2D eigenvalue weighted by Crippen LogP contribution is -2.52. The van der Waals surface area contributed by atoms with Crippen molar-refractivity contribution >= 4 is 5.91 Å². The molecule has 2 atom stereocenters. The zero-order chi connectivity index (χ0) is 13.5. The maximum Gasteiger partial charge on any atom is 0.228 e. The van der Waals surface area contributed by atoms with Crippen molar-refractivity contribution in [3.63, 3.8) is 0 Å². The number of carbonyl (C=O) groups excluding carboxylic acids is 1. The Morgan fingerprint density at radius 3 is 2.47 bits per heavy atom. The summed E-state index contributed by atoms with van der Waals surface area (Å²) < 4.78 is 0. The van der Waals surface area contributed by atoms with E-state index < -0.39 is 0 Å². The Labute approximate surface area is 114 Å². The van der Waals surface area contributed by atoms with E-state index in [1.54, 1.807) is 0 Å². The first kappa shape index (κ1) is 12.7. The summed E-state index contributed by atoms with van der Waals surface area (Å²) in [6.07, 6.45) is 4.18. The van der Waals surface area contributed by atoms with E-state index in [0.29, 0.717) is 0 Å². The molecule has 1 aliphatic heterocycles. The van der Waals surface area contributed by atoms with Crippen LogP contribution in [0.25, 0.3) is 0 Å². The van der Waals surface area contributed by atoms with Gasteiger partial charge in [0.2, 0.25) is 5.91 Å². The topological polar surface area (TPSA) is 46.3 Å². The molecule has 0 spiro atoms. The monoisotopic (exact) mass is 258 g/mol. The van der Waals surface area contributed by atoms with E-state index in [4.69, 9.17) is 5.73 Å². The van der Waals surface area contributed by atoms with Gasteiger partial charge in [-0.05, 0) is 30.9 Å². The molecule has 2 unspecified atom stereocenters. The SMILES string of the molecule is CC1(N)CCCCC1C(=O)N1Cc2ccccc2C1. The van der Waals surface area contributed by atoms with Gasteiger partial charge in [0.25, 0.3) is 0 Å². The zero-order valence-electron chi connectivity index (χ0n) is 11.6. The maximum absolute atomic E-state index is 12.7. The smallest absolute Gasteiger partial charge is 0.228 e. The summed E-state index contributed by atoms with van der Waals surface area (Å²) in [5, 5.41) is 0. The van der Waals surface area contributed by atoms with Crippen LogP contribution in [0.1, 0.15) is 43.7 Å². The highest BCUT2D eigenvalue weighted by molar-refractivity contribution is 5.81. The molecular formula is C16H22N2O. The lowest BCUT2D eigenvalue weighted by atomic mass is 9.74. The molecule has 1 fully saturated rings. The second-order valence-electron chi connectivity index (χ2n) is 6.27. The predicted octanol–water partition coefficient (Wildman–Crippen LogP) is 2.44. The van der Waals surface area contributed by atoms with Crippen LogP contribution in [-0.2, 0) is 17.9 Å². The van der Waals surface area contributed by atoms with Gasteiger partial charge in [-0.25, -0.2) is 0 Å². The van der Waals surface area contributed by atoms with Gasteiger partial charge in [0.1, 0.15) is 0 Å². The van der Waals surface area contributed by atoms with Crippen molar-refractivity contribution in [2.24, 2.45) is 11.7 Å². The standard InChI is InChI=1S/C16H22N2O/c1-16(17)9-5-4-8-14(16)15(19)18-10-12-6-2-3-7-13(12)11-18/h2-3,6-7,14H,4-5,8-11,17H2,1H3. The van der Waals surface area contributed by atoms with Crippen molar-refractivity contribution in [1.82, 2.24) is 4.90 Å². The quantitative estimate of drug-likeness (QED) is 0.841. The lowest BCUT2D eigenvalue weighted by molar-refractivity contribution is -0.139. The van der Waals surface area contributed by atoms with Crippen LogP contribution in [0.15, 0.2) is 24.3 Å². The highest BCUT2D eigenvalue weighted by atomic mass is 16.2. The van der Waals surface area contributed by atoms with E-state index in [-0.39, 0.29) is 17.4 Å². The fraction of sp³-hybridized carbons (Fsp3) is 0.562. The average molecular weight is 258 g/mol. The molecule has 0 bridgehead atoms. The van der Waals surface area contributed by atoms with Gasteiger partial charge in [-0.15, -0.1) is 0 Å². The fourth-order valence-electron chi connectivity index (χ4n) is 3.47. The van der Waals surface area contributed by atoms with E-state index in [2.05, 4.69) is 12.1 Å². The summed E-state index contributed by atoms with van der Waals surface area (Å²) in [7, 11) is 0. The summed E-state index contributed by atoms with van der Waals surface area (Å²) in [5.41, 5.74) is 8.58. The Kier molecular flexibility index (Phi) is 3.09. The van der Waals surface area contributed by atoms with Gasteiger partial charge in [-0.1, -0.05) is 37.1 Å². The first-order valence-electron chi connectivity index (χ1n) is 7.22. The van der Waals surface area contributed by atoms with Crippen LogP contribution >= 0.6 is 0 Å². The summed E-state index contributed by atoms with van der Waals surface area (Å²) in [6.45, 7) is 3.54. The van der Waals surface area contributed by atoms with Crippen molar-refractivity contribution in [3.05, 3.63) is 35.4 Å². The number of amides is 1. The highest BCUT2D eigenvalue weighted by Gasteiger charge is 2.40. The van der Waals surface area contributed by atoms with Gasteiger partial charge < -0.3 is 10.6 Å². The Hall–Kier alpha value is -1.35. The number of nitrogens with zero attached hydrogens (tertiary/aromatic N) is 1. The number of nitrogens with two attached hydrogens (primary N) is 1. The van der Waals surface area contributed by atoms with Gasteiger partial charge in [-0.2, -0.15) is 0 Å². The van der Waals surface area contributed by atoms with Crippen molar-refractivity contribution in [2.45, 2.75) is 51.2 Å². The van der Waals surface area contributed by atoms with E-state index in [1.807, 2.05) is 24.0 Å². The molecule has 3 heteroatoms. The van der Waals surface area contributed by atoms with Crippen LogP contribution in [0, 0.1) is 5.92 Å². The Morgan fingerprint density at radius 1 is 1.26 bits per heavy atom. The minimum atomic E-state index is -0.329. The molecule has 1 heterocycles. The molecule has 2 aliphatic rings. The molecule has 3 rings (SSSR count). The molecule has 2 N–H and O–H groups in total. The molecule has 1 aliphatic carbocycles. The second kappa shape index (κ2) is 4.64. The lowest BCUT2D eigenvalue weighted by Gasteiger charge is -2.39. The minimum absolute atomic E-state index is 0.00411. The number of fused-ring (bicyclic) bond motifs is 1. The molecule has 0 radical (unpaired) electrons. The van der Waals surface area contributed by atoms with Crippen molar-refractivity contribution in [3.8, 4) is 0 Å². The third-order valence-electron chi connectivity index (χ3n) is 4.70. The molecule has 1 aromatic carbocycles. The summed E-state index contributed by atoms with van der Waals surface area (Å²) in [6, 6.07) is 8.32. The molecule has 0 saturated heterocycles. The number of hydrogen-bond acceptors (Lipinski definition) is 2. The summed E-state index contributed by atoms with van der Waals surface area (Å²) in [4.78, 5) is 14.7. The van der Waals surface area contributed by atoms with Crippen molar-refractivity contribution in [2.75, 3.05) is 0 Å². The fourth-order valence-corrected chi connectivity index (χ4v) is 3.47. The molecule has 1 amide bonds. The first-order valence-corrected chi connectivity index (χ1v) is 7.22. The van der Waals surface area contributed by atoms with Gasteiger partial charge in [0, 0.05) is 18.6 Å².